The van der Waals surface area contributed by atoms with Gasteiger partial charge in [-0.2, -0.15) is 13.2 Å². The van der Waals surface area contributed by atoms with Crippen molar-refractivity contribution in [2.45, 2.75) is 71.0 Å². The Kier molecular flexibility index (Phi) is 6.14. The van der Waals surface area contributed by atoms with Crippen LogP contribution in [0.4, 0.5) is 13.2 Å². The standard InChI is InChI=1S/C14H24F3NO/c1-3-10(2)11-4-6-12(7-5-11)18-13(19)8-9-14(15,16)17/h10-12H,3-9H2,1-2H3,(H,18,19)/t10-,11-,12-/m1/s1. The first-order valence-electron chi connectivity index (χ1n) is 7.18. The van der Waals surface area contributed by atoms with Crippen LogP contribution in [-0.2, 0) is 4.79 Å². The molecule has 0 heterocycles. The molecule has 0 aromatic heterocycles. The lowest BCUT2D eigenvalue weighted by Crippen LogP contribution is -2.38. The van der Waals surface area contributed by atoms with Crippen molar-refractivity contribution in [3.8, 4) is 0 Å². The van der Waals surface area contributed by atoms with Crippen LogP contribution < -0.4 is 5.32 Å². The van der Waals surface area contributed by atoms with Crippen LogP contribution in [-0.4, -0.2) is 18.1 Å². The molecule has 1 aliphatic carbocycles. The molecule has 19 heavy (non-hydrogen) atoms. The molecule has 1 saturated carbocycles. The van der Waals surface area contributed by atoms with Crippen LogP contribution in [0.3, 0.4) is 0 Å². The minimum absolute atomic E-state index is 0.0704. The number of alkyl halides is 3. The topological polar surface area (TPSA) is 29.1 Å². The number of halogens is 3. The third-order valence-electron chi connectivity index (χ3n) is 4.22. The first kappa shape index (κ1) is 16.3. The van der Waals surface area contributed by atoms with Crippen LogP contribution in [0.15, 0.2) is 0 Å². The molecule has 0 radical (unpaired) electrons. The Morgan fingerprint density at radius 2 is 1.84 bits per heavy atom. The molecule has 2 nitrogen and oxygen atoms in total. The highest BCUT2D eigenvalue weighted by molar-refractivity contribution is 5.76. The quantitative estimate of drug-likeness (QED) is 0.808. The summed E-state index contributed by atoms with van der Waals surface area (Å²) in [6, 6.07) is 0.0704. The molecule has 0 saturated heterocycles. The molecule has 0 aromatic rings. The summed E-state index contributed by atoms with van der Waals surface area (Å²) in [5, 5.41) is 2.73. The fraction of sp³-hybridized carbons (Fsp3) is 0.929. The van der Waals surface area contributed by atoms with E-state index in [9.17, 15) is 18.0 Å². The molecule has 1 amide bonds. The van der Waals surface area contributed by atoms with Crippen molar-refractivity contribution < 1.29 is 18.0 Å². The van der Waals surface area contributed by atoms with E-state index in [-0.39, 0.29) is 6.04 Å². The maximum Gasteiger partial charge on any atom is 0.389 e. The zero-order valence-electron chi connectivity index (χ0n) is 11.7. The van der Waals surface area contributed by atoms with Crippen LogP contribution in [0.5, 0.6) is 0 Å². The van der Waals surface area contributed by atoms with Gasteiger partial charge in [-0.25, -0.2) is 0 Å². The molecule has 0 spiro atoms. The predicted octanol–water partition coefficient (Wildman–Crippen LogP) is 4.05. The van der Waals surface area contributed by atoms with Gasteiger partial charge in [0.25, 0.3) is 0 Å². The number of rotatable bonds is 5. The second kappa shape index (κ2) is 7.15. The molecule has 0 aromatic carbocycles. The lowest BCUT2D eigenvalue weighted by atomic mass is 9.78. The van der Waals surface area contributed by atoms with Crippen LogP contribution in [0.2, 0.25) is 0 Å². The van der Waals surface area contributed by atoms with Crippen molar-refractivity contribution in [3.63, 3.8) is 0 Å². The second-order valence-electron chi connectivity index (χ2n) is 5.68. The Morgan fingerprint density at radius 3 is 2.32 bits per heavy atom. The molecule has 5 heteroatoms. The van der Waals surface area contributed by atoms with Gasteiger partial charge in [0.05, 0.1) is 6.42 Å². The summed E-state index contributed by atoms with van der Waals surface area (Å²) >= 11 is 0. The van der Waals surface area contributed by atoms with Crippen molar-refractivity contribution in [3.05, 3.63) is 0 Å². The summed E-state index contributed by atoms with van der Waals surface area (Å²) < 4.78 is 36.0. The summed E-state index contributed by atoms with van der Waals surface area (Å²) in [5.41, 5.74) is 0. The van der Waals surface area contributed by atoms with Crippen molar-refractivity contribution in [1.29, 1.82) is 0 Å². The smallest absolute Gasteiger partial charge is 0.353 e. The summed E-state index contributed by atoms with van der Waals surface area (Å²) in [7, 11) is 0. The number of amides is 1. The Balaban J connectivity index is 2.23. The molecule has 1 atom stereocenters. The van der Waals surface area contributed by atoms with E-state index in [1.54, 1.807) is 0 Å². The van der Waals surface area contributed by atoms with Crippen LogP contribution in [0, 0.1) is 11.8 Å². The molecular formula is C14H24F3NO. The summed E-state index contributed by atoms with van der Waals surface area (Å²) in [4.78, 5) is 11.4. The van der Waals surface area contributed by atoms with Crippen molar-refractivity contribution in [2.24, 2.45) is 11.8 Å². The molecule has 1 N–H and O–H groups in total. The SMILES string of the molecule is CC[C@@H](C)[C@H]1CC[C@H](NC(=O)CCC(F)(F)F)CC1. The highest BCUT2D eigenvalue weighted by Gasteiger charge is 2.29. The number of nitrogens with one attached hydrogen (secondary N) is 1. The average Bonchev–Trinajstić information content (AvgIpc) is 2.35. The number of hydrogen-bond acceptors (Lipinski definition) is 1. The number of carbonyl (C=O) groups excluding carboxylic acids is 1. The Labute approximate surface area is 113 Å². The number of hydrogen-bond donors (Lipinski definition) is 1. The zero-order chi connectivity index (χ0) is 14.5. The van der Waals surface area contributed by atoms with Crippen LogP contribution in [0.1, 0.15) is 58.8 Å². The Bertz CT molecular complexity index is 283. The minimum atomic E-state index is -4.24. The third-order valence-corrected chi connectivity index (χ3v) is 4.22. The van der Waals surface area contributed by atoms with Gasteiger partial charge in [-0.3, -0.25) is 4.79 Å². The van der Waals surface area contributed by atoms with Gasteiger partial charge >= 0.3 is 6.18 Å². The largest absolute Gasteiger partial charge is 0.389 e. The van der Waals surface area contributed by atoms with Gasteiger partial charge in [0, 0.05) is 12.5 Å². The molecule has 0 aliphatic heterocycles. The molecule has 1 rings (SSSR count). The van der Waals surface area contributed by atoms with Gasteiger partial charge in [0.1, 0.15) is 0 Å². The first-order chi connectivity index (χ1) is 8.81. The van der Waals surface area contributed by atoms with E-state index in [1.165, 1.54) is 0 Å². The second-order valence-corrected chi connectivity index (χ2v) is 5.68. The van der Waals surface area contributed by atoms with Gasteiger partial charge in [0.2, 0.25) is 5.91 Å². The van der Waals surface area contributed by atoms with Crippen molar-refractivity contribution >= 4 is 5.91 Å². The summed E-state index contributed by atoms with van der Waals surface area (Å²) in [6.07, 6.45) is -0.632. The average molecular weight is 279 g/mol. The van der Waals surface area contributed by atoms with Gasteiger partial charge in [-0.15, -0.1) is 0 Å². The normalized spacial score (nSPS) is 25.9. The van der Waals surface area contributed by atoms with Gasteiger partial charge in [0.15, 0.2) is 0 Å². The monoisotopic (exact) mass is 279 g/mol. The van der Waals surface area contributed by atoms with Crippen LogP contribution >= 0.6 is 0 Å². The van der Waals surface area contributed by atoms with Gasteiger partial charge < -0.3 is 5.32 Å². The van der Waals surface area contributed by atoms with Crippen molar-refractivity contribution in [1.82, 2.24) is 5.32 Å². The highest BCUT2D eigenvalue weighted by atomic mass is 19.4. The maximum absolute atomic E-state index is 12.0. The highest BCUT2D eigenvalue weighted by Crippen LogP contribution is 2.31. The summed E-state index contributed by atoms with van der Waals surface area (Å²) in [6.45, 7) is 4.42. The summed E-state index contributed by atoms with van der Waals surface area (Å²) in [5.74, 6) is 0.930. The van der Waals surface area contributed by atoms with E-state index in [0.717, 1.165) is 32.1 Å². The lowest BCUT2D eigenvalue weighted by molar-refractivity contribution is -0.144. The fourth-order valence-corrected chi connectivity index (χ4v) is 2.72. The lowest BCUT2D eigenvalue weighted by Gasteiger charge is -2.32. The van der Waals surface area contributed by atoms with E-state index in [0.29, 0.717) is 11.8 Å². The van der Waals surface area contributed by atoms with E-state index >= 15 is 0 Å². The first-order valence-corrected chi connectivity index (χ1v) is 7.18. The fourth-order valence-electron chi connectivity index (χ4n) is 2.72. The minimum Gasteiger partial charge on any atom is -0.353 e. The number of carbonyl (C=O) groups is 1. The van der Waals surface area contributed by atoms with Gasteiger partial charge in [-0.1, -0.05) is 20.3 Å². The molecule has 112 valence electrons. The molecule has 0 unspecified atom stereocenters. The van der Waals surface area contributed by atoms with E-state index in [1.807, 2.05) is 0 Å². The zero-order valence-corrected chi connectivity index (χ0v) is 11.7. The van der Waals surface area contributed by atoms with Crippen LogP contribution in [0.25, 0.3) is 0 Å². The van der Waals surface area contributed by atoms with Gasteiger partial charge in [-0.05, 0) is 37.5 Å². The van der Waals surface area contributed by atoms with E-state index in [4.69, 9.17) is 0 Å². The molecule has 1 fully saturated rings. The molecule has 0 bridgehead atoms. The third kappa shape index (κ3) is 6.30. The van der Waals surface area contributed by atoms with E-state index < -0.39 is 24.9 Å². The Hall–Kier alpha value is -0.740. The predicted molar refractivity (Wildman–Crippen MR) is 68.6 cm³/mol. The van der Waals surface area contributed by atoms with Crippen molar-refractivity contribution in [2.75, 3.05) is 0 Å². The molecular weight excluding hydrogens is 255 g/mol. The molecule has 1 aliphatic rings. The van der Waals surface area contributed by atoms with E-state index in [2.05, 4.69) is 19.2 Å². The maximum atomic E-state index is 12.0. The Morgan fingerprint density at radius 1 is 1.26 bits per heavy atom.